The number of hydrogen-bond donors (Lipinski definition) is 2. The molecule has 2 N–H and O–H groups in total. The largest absolute Gasteiger partial charge is 0.325 e. The molecular weight excluding hydrogens is 380 g/mol. The first kappa shape index (κ1) is 17.8. The SMILES string of the molecule is O=C(Nc1ccc(NC(=O)C2(c3ccc(Cl)cc3)CC2)cc1)c1cccs1. The topological polar surface area (TPSA) is 58.2 Å². The van der Waals surface area contributed by atoms with Gasteiger partial charge in [-0.2, -0.15) is 0 Å². The van der Waals surface area contributed by atoms with Gasteiger partial charge in [0.25, 0.3) is 5.91 Å². The van der Waals surface area contributed by atoms with Gasteiger partial charge in [0.05, 0.1) is 10.3 Å². The van der Waals surface area contributed by atoms with E-state index in [1.165, 1.54) is 11.3 Å². The van der Waals surface area contributed by atoms with Crippen LogP contribution in [0.2, 0.25) is 5.02 Å². The van der Waals surface area contributed by atoms with Gasteiger partial charge in [0, 0.05) is 16.4 Å². The lowest BCUT2D eigenvalue weighted by molar-refractivity contribution is -0.118. The van der Waals surface area contributed by atoms with Crippen LogP contribution >= 0.6 is 22.9 Å². The number of nitrogens with one attached hydrogen (secondary N) is 2. The summed E-state index contributed by atoms with van der Waals surface area (Å²) in [5.74, 6) is -0.151. The number of anilines is 2. The molecule has 0 bridgehead atoms. The highest BCUT2D eigenvalue weighted by Gasteiger charge is 2.51. The summed E-state index contributed by atoms with van der Waals surface area (Å²) in [5.41, 5.74) is 1.92. The Labute approximate surface area is 166 Å². The van der Waals surface area contributed by atoms with Crippen molar-refractivity contribution in [3.8, 4) is 0 Å². The summed E-state index contributed by atoms with van der Waals surface area (Å²) in [4.78, 5) is 25.5. The third kappa shape index (κ3) is 3.75. The number of carbonyl (C=O) groups excluding carboxylic acids is 2. The second kappa shape index (κ2) is 7.18. The van der Waals surface area contributed by atoms with Gasteiger partial charge in [-0.3, -0.25) is 9.59 Å². The average molecular weight is 397 g/mol. The molecule has 1 fully saturated rings. The lowest BCUT2D eigenvalue weighted by atomic mass is 9.95. The fourth-order valence-corrected chi connectivity index (χ4v) is 3.77. The summed E-state index contributed by atoms with van der Waals surface area (Å²) >= 11 is 7.34. The van der Waals surface area contributed by atoms with Gasteiger partial charge in [0.2, 0.25) is 5.91 Å². The average Bonchev–Trinajstić information content (AvgIpc) is 3.30. The quantitative estimate of drug-likeness (QED) is 0.612. The van der Waals surface area contributed by atoms with Crippen LogP contribution in [0.5, 0.6) is 0 Å². The van der Waals surface area contributed by atoms with E-state index in [0.29, 0.717) is 21.3 Å². The number of rotatable bonds is 5. The van der Waals surface area contributed by atoms with Crippen LogP contribution < -0.4 is 10.6 Å². The molecule has 2 aromatic carbocycles. The molecule has 4 rings (SSSR count). The number of hydrogen-bond acceptors (Lipinski definition) is 3. The highest BCUT2D eigenvalue weighted by molar-refractivity contribution is 7.12. The van der Waals surface area contributed by atoms with Crippen LogP contribution in [0, 0.1) is 0 Å². The minimum absolute atomic E-state index is 0.0137. The first-order valence-electron chi connectivity index (χ1n) is 8.59. The van der Waals surface area contributed by atoms with Crippen molar-refractivity contribution in [2.75, 3.05) is 10.6 Å². The molecular formula is C21H17ClN2O2S. The Kier molecular flexibility index (Phi) is 4.72. The maximum absolute atomic E-state index is 12.8. The van der Waals surface area contributed by atoms with Crippen LogP contribution in [0.4, 0.5) is 11.4 Å². The van der Waals surface area contributed by atoms with Gasteiger partial charge in [-0.15, -0.1) is 11.3 Å². The lowest BCUT2D eigenvalue weighted by Gasteiger charge is -2.16. The van der Waals surface area contributed by atoms with E-state index in [4.69, 9.17) is 11.6 Å². The highest BCUT2D eigenvalue weighted by atomic mass is 35.5. The van der Waals surface area contributed by atoms with Crippen molar-refractivity contribution in [1.29, 1.82) is 0 Å². The highest BCUT2D eigenvalue weighted by Crippen LogP contribution is 2.49. The Morgan fingerprint density at radius 2 is 1.52 bits per heavy atom. The van der Waals surface area contributed by atoms with E-state index in [-0.39, 0.29) is 11.8 Å². The van der Waals surface area contributed by atoms with E-state index in [9.17, 15) is 9.59 Å². The van der Waals surface area contributed by atoms with Gasteiger partial charge in [-0.05, 0) is 66.2 Å². The number of halogens is 1. The van der Waals surface area contributed by atoms with E-state index in [1.54, 1.807) is 30.3 Å². The smallest absolute Gasteiger partial charge is 0.265 e. The molecule has 3 aromatic rings. The zero-order chi connectivity index (χ0) is 18.9. The summed E-state index contributed by atoms with van der Waals surface area (Å²) < 4.78 is 0. The van der Waals surface area contributed by atoms with Crippen LogP contribution in [0.25, 0.3) is 0 Å². The minimum atomic E-state index is -0.462. The second-order valence-electron chi connectivity index (χ2n) is 6.55. The van der Waals surface area contributed by atoms with Gasteiger partial charge >= 0.3 is 0 Å². The van der Waals surface area contributed by atoms with Gasteiger partial charge in [-0.25, -0.2) is 0 Å². The molecule has 1 aromatic heterocycles. The number of thiophene rings is 1. The zero-order valence-corrected chi connectivity index (χ0v) is 15.9. The predicted octanol–water partition coefficient (Wildman–Crippen LogP) is 5.32. The Hall–Kier alpha value is -2.63. The second-order valence-corrected chi connectivity index (χ2v) is 7.94. The fourth-order valence-electron chi connectivity index (χ4n) is 3.03. The first-order chi connectivity index (χ1) is 13.1. The molecule has 6 heteroatoms. The van der Waals surface area contributed by atoms with Gasteiger partial charge in [0.15, 0.2) is 0 Å². The van der Waals surface area contributed by atoms with E-state index in [2.05, 4.69) is 10.6 Å². The van der Waals surface area contributed by atoms with E-state index < -0.39 is 5.41 Å². The third-order valence-corrected chi connectivity index (χ3v) is 5.85. The number of amides is 2. The van der Waals surface area contributed by atoms with Crippen molar-refractivity contribution in [3.05, 3.63) is 81.5 Å². The first-order valence-corrected chi connectivity index (χ1v) is 9.85. The van der Waals surface area contributed by atoms with Crippen LogP contribution in [0.15, 0.2) is 66.0 Å². The summed E-state index contributed by atoms with van der Waals surface area (Å²) in [6, 6.07) is 18.2. The van der Waals surface area contributed by atoms with Crippen LogP contribution in [0.3, 0.4) is 0 Å². The molecule has 1 saturated carbocycles. The minimum Gasteiger partial charge on any atom is -0.325 e. The molecule has 136 valence electrons. The molecule has 2 amide bonds. The van der Waals surface area contributed by atoms with Gasteiger partial charge in [0.1, 0.15) is 0 Å². The van der Waals surface area contributed by atoms with Crippen LogP contribution in [-0.2, 0) is 10.2 Å². The maximum Gasteiger partial charge on any atom is 0.265 e. The van der Waals surface area contributed by atoms with Crippen molar-refractivity contribution in [2.24, 2.45) is 0 Å². The molecule has 0 radical (unpaired) electrons. The molecule has 0 spiro atoms. The van der Waals surface area contributed by atoms with Crippen molar-refractivity contribution in [2.45, 2.75) is 18.3 Å². The Balaban J connectivity index is 1.42. The molecule has 0 atom stereocenters. The molecule has 4 nitrogen and oxygen atoms in total. The molecule has 1 heterocycles. The molecule has 0 aliphatic heterocycles. The summed E-state index contributed by atoms with van der Waals surface area (Å²) in [5, 5.41) is 8.35. The summed E-state index contributed by atoms with van der Waals surface area (Å²) in [6.07, 6.45) is 1.66. The zero-order valence-electron chi connectivity index (χ0n) is 14.4. The normalized spacial score (nSPS) is 14.4. The molecule has 1 aliphatic rings. The van der Waals surface area contributed by atoms with Crippen molar-refractivity contribution >= 4 is 46.1 Å². The lowest BCUT2D eigenvalue weighted by Crippen LogP contribution is -2.27. The van der Waals surface area contributed by atoms with Crippen molar-refractivity contribution in [3.63, 3.8) is 0 Å². The molecule has 1 aliphatic carbocycles. The van der Waals surface area contributed by atoms with E-state index in [0.717, 1.165) is 18.4 Å². The Morgan fingerprint density at radius 3 is 2.07 bits per heavy atom. The Bertz CT molecular complexity index is 962. The standard InChI is InChI=1S/C21H17ClN2O2S/c22-15-5-3-14(4-6-15)21(11-12-21)20(26)24-17-9-7-16(8-10-17)23-19(25)18-2-1-13-27-18/h1-10,13H,11-12H2,(H,23,25)(H,24,26). The van der Waals surface area contributed by atoms with Crippen molar-refractivity contribution < 1.29 is 9.59 Å². The predicted molar refractivity (Wildman–Crippen MR) is 110 cm³/mol. The van der Waals surface area contributed by atoms with Gasteiger partial charge in [-0.1, -0.05) is 29.8 Å². The summed E-state index contributed by atoms with van der Waals surface area (Å²) in [7, 11) is 0. The van der Waals surface area contributed by atoms with Crippen LogP contribution in [0.1, 0.15) is 28.1 Å². The number of benzene rings is 2. The van der Waals surface area contributed by atoms with Crippen molar-refractivity contribution in [1.82, 2.24) is 0 Å². The summed E-state index contributed by atoms with van der Waals surface area (Å²) in [6.45, 7) is 0. The third-order valence-electron chi connectivity index (χ3n) is 4.73. The van der Waals surface area contributed by atoms with Crippen LogP contribution in [-0.4, -0.2) is 11.8 Å². The Morgan fingerprint density at radius 1 is 0.889 bits per heavy atom. The van der Waals surface area contributed by atoms with E-state index >= 15 is 0 Å². The number of carbonyl (C=O) groups is 2. The maximum atomic E-state index is 12.8. The molecule has 27 heavy (non-hydrogen) atoms. The monoisotopic (exact) mass is 396 g/mol. The fraction of sp³-hybridized carbons (Fsp3) is 0.143. The molecule has 0 unspecified atom stereocenters. The van der Waals surface area contributed by atoms with E-state index in [1.807, 2.05) is 35.7 Å². The van der Waals surface area contributed by atoms with Gasteiger partial charge < -0.3 is 10.6 Å². The molecule has 0 saturated heterocycles.